The van der Waals surface area contributed by atoms with Gasteiger partial charge in [-0.25, -0.2) is 0 Å². The highest BCUT2D eigenvalue weighted by molar-refractivity contribution is 5.21. The highest BCUT2D eigenvalue weighted by atomic mass is 16.5. The van der Waals surface area contributed by atoms with E-state index in [1.807, 2.05) is 0 Å². The summed E-state index contributed by atoms with van der Waals surface area (Å²) >= 11 is 0. The van der Waals surface area contributed by atoms with Crippen LogP contribution in [0.5, 0.6) is 0 Å². The van der Waals surface area contributed by atoms with Crippen LogP contribution in [0.25, 0.3) is 0 Å². The van der Waals surface area contributed by atoms with Crippen LogP contribution in [-0.2, 0) is 4.74 Å². The summed E-state index contributed by atoms with van der Waals surface area (Å²) in [6, 6.07) is 0. The first-order valence-corrected chi connectivity index (χ1v) is 18.7. The number of allylic oxidation sites excluding steroid dienone is 4. The third-order valence-electron chi connectivity index (χ3n) is 9.36. The monoisotopic (exact) mass is 574 g/mol. The van der Waals surface area contributed by atoms with Crippen LogP contribution in [0.15, 0.2) is 23.0 Å². The van der Waals surface area contributed by atoms with Crippen LogP contribution in [-0.4, -0.2) is 42.4 Å². The largest absolute Gasteiger partial charge is 0.495 e. The van der Waals surface area contributed by atoms with Crippen LogP contribution in [0, 0.1) is 0 Å². The third-order valence-corrected chi connectivity index (χ3v) is 9.36. The summed E-state index contributed by atoms with van der Waals surface area (Å²) in [7, 11) is 0. The summed E-state index contributed by atoms with van der Waals surface area (Å²) in [5, 5.41) is 9.56. The molecule has 0 saturated heterocycles. The average molecular weight is 574 g/mol. The molecule has 2 aliphatic carbocycles. The minimum absolute atomic E-state index is 0.286. The zero-order valence-corrected chi connectivity index (χ0v) is 27.9. The Morgan fingerprint density at radius 3 is 1.78 bits per heavy atom. The maximum absolute atomic E-state index is 9.56. The van der Waals surface area contributed by atoms with Crippen molar-refractivity contribution in [3.8, 4) is 0 Å². The van der Waals surface area contributed by atoms with E-state index in [1.54, 1.807) is 11.1 Å². The summed E-state index contributed by atoms with van der Waals surface area (Å²) in [5.74, 6) is 1.39. The van der Waals surface area contributed by atoms with E-state index in [0.717, 1.165) is 26.1 Å². The Labute approximate surface area is 257 Å². The SMILES string of the molecule is CCCCCCCCC(CCCCCCCC)OC(CCCCCN(CCO)CCCCCC=C1CCC1)=C1CC1. The fourth-order valence-electron chi connectivity index (χ4n) is 6.25. The molecule has 2 aliphatic rings. The standard InChI is InChI=1S/C38H71NO2/c1-3-5-7-9-11-17-26-37(27-18-12-10-8-6-4-2)41-38(36-29-30-36)28-19-15-21-32-39(33-34-40)31-20-14-13-16-23-35-24-22-25-35/h23,37,40H,3-22,24-34H2,1-2H3. The van der Waals surface area contributed by atoms with Gasteiger partial charge in [-0.1, -0.05) is 103 Å². The number of hydrogen-bond acceptors (Lipinski definition) is 3. The van der Waals surface area contributed by atoms with E-state index in [-0.39, 0.29) is 6.61 Å². The van der Waals surface area contributed by atoms with Gasteiger partial charge in [0.1, 0.15) is 0 Å². The number of unbranched alkanes of at least 4 members (excludes halogenated alkanes) is 15. The van der Waals surface area contributed by atoms with E-state index in [4.69, 9.17) is 4.74 Å². The van der Waals surface area contributed by atoms with Gasteiger partial charge in [0.05, 0.1) is 18.5 Å². The van der Waals surface area contributed by atoms with Gasteiger partial charge >= 0.3 is 0 Å². The van der Waals surface area contributed by atoms with E-state index in [2.05, 4.69) is 24.8 Å². The number of hydrogen-bond donors (Lipinski definition) is 1. The zero-order valence-electron chi connectivity index (χ0n) is 27.9. The molecular formula is C38H71NO2. The van der Waals surface area contributed by atoms with E-state index in [0.29, 0.717) is 6.10 Å². The van der Waals surface area contributed by atoms with Crippen LogP contribution in [0.1, 0.15) is 187 Å². The topological polar surface area (TPSA) is 32.7 Å². The zero-order chi connectivity index (χ0) is 29.2. The number of nitrogens with zero attached hydrogens (tertiary/aromatic N) is 1. The highest BCUT2D eigenvalue weighted by Crippen LogP contribution is 2.36. The predicted octanol–water partition coefficient (Wildman–Crippen LogP) is 11.4. The Kier molecular flexibility index (Phi) is 22.8. The Balaban J connectivity index is 1.64. The van der Waals surface area contributed by atoms with Crippen molar-refractivity contribution in [2.75, 3.05) is 26.2 Å². The first kappa shape index (κ1) is 36.4. The van der Waals surface area contributed by atoms with Gasteiger partial charge in [-0.2, -0.15) is 0 Å². The minimum Gasteiger partial charge on any atom is -0.495 e. The van der Waals surface area contributed by atoms with Gasteiger partial charge in [0.25, 0.3) is 0 Å². The average Bonchev–Trinajstić information content (AvgIpc) is 3.79. The number of aliphatic hydroxyl groups excluding tert-OH is 1. The Hall–Kier alpha value is -0.800. The maximum atomic E-state index is 9.56. The van der Waals surface area contributed by atoms with E-state index >= 15 is 0 Å². The van der Waals surface area contributed by atoms with Crippen molar-refractivity contribution in [3.05, 3.63) is 23.0 Å². The van der Waals surface area contributed by atoms with Crippen LogP contribution in [0.3, 0.4) is 0 Å². The summed E-state index contributed by atoms with van der Waals surface area (Å²) in [4.78, 5) is 2.50. The molecule has 0 aromatic heterocycles. The van der Waals surface area contributed by atoms with Crippen LogP contribution in [0.4, 0.5) is 0 Å². The fraction of sp³-hybridized carbons (Fsp3) is 0.895. The molecule has 240 valence electrons. The number of rotatable bonds is 30. The second-order valence-corrected chi connectivity index (χ2v) is 13.3. The molecule has 2 saturated carbocycles. The van der Waals surface area contributed by atoms with E-state index < -0.39 is 0 Å². The molecule has 0 aromatic carbocycles. The molecule has 3 heteroatoms. The van der Waals surface area contributed by atoms with Crippen molar-refractivity contribution in [2.45, 2.75) is 193 Å². The molecule has 0 aliphatic heterocycles. The molecule has 0 spiro atoms. The molecule has 0 radical (unpaired) electrons. The predicted molar refractivity (Wildman–Crippen MR) is 180 cm³/mol. The molecule has 1 N–H and O–H groups in total. The van der Waals surface area contributed by atoms with Crippen LogP contribution in [0.2, 0.25) is 0 Å². The van der Waals surface area contributed by atoms with Crippen molar-refractivity contribution in [2.24, 2.45) is 0 Å². The number of aliphatic hydroxyl groups is 1. The fourth-order valence-corrected chi connectivity index (χ4v) is 6.25. The minimum atomic E-state index is 0.286. The lowest BCUT2D eigenvalue weighted by Crippen LogP contribution is -2.29. The summed E-state index contributed by atoms with van der Waals surface area (Å²) < 4.78 is 6.84. The molecule has 3 nitrogen and oxygen atoms in total. The van der Waals surface area contributed by atoms with Gasteiger partial charge in [0.2, 0.25) is 0 Å². The summed E-state index contributed by atoms with van der Waals surface area (Å²) in [5.41, 5.74) is 3.32. The highest BCUT2D eigenvalue weighted by Gasteiger charge is 2.22. The molecule has 2 fully saturated rings. The van der Waals surface area contributed by atoms with Crippen molar-refractivity contribution in [1.82, 2.24) is 4.90 Å². The third kappa shape index (κ3) is 19.9. The van der Waals surface area contributed by atoms with Gasteiger partial charge in [0, 0.05) is 13.0 Å². The van der Waals surface area contributed by atoms with Crippen LogP contribution >= 0.6 is 0 Å². The molecule has 2 rings (SSSR count). The van der Waals surface area contributed by atoms with Gasteiger partial charge in [0.15, 0.2) is 0 Å². The lowest BCUT2D eigenvalue weighted by Gasteiger charge is -2.23. The second-order valence-electron chi connectivity index (χ2n) is 13.3. The van der Waals surface area contributed by atoms with Gasteiger partial charge in [-0.3, -0.25) is 0 Å². The van der Waals surface area contributed by atoms with Gasteiger partial charge in [-0.15, -0.1) is 0 Å². The molecule has 41 heavy (non-hydrogen) atoms. The molecule has 0 amide bonds. The first-order chi connectivity index (χ1) is 20.3. The summed E-state index contributed by atoms with van der Waals surface area (Å²) in [6.45, 7) is 8.01. The molecule has 0 atom stereocenters. The van der Waals surface area contributed by atoms with Crippen molar-refractivity contribution in [3.63, 3.8) is 0 Å². The lowest BCUT2D eigenvalue weighted by molar-refractivity contribution is 0.0872. The first-order valence-electron chi connectivity index (χ1n) is 18.7. The smallest absolute Gasteiger partial charge is 0.0982 e. The van der Waals surface area contributed by atoms with Crippen molar-refractivity contribution in [1.29, 1.82) is 0 Å². The molecule has 0 heterocycles. The van der Waals surface area contributed by atoms with Crippen LogP contribution < -0.4 is 0 Å². The number of ether oxygens (including phenoxy) is 1. The summed E-state index contributed by atoms with van der Waals surface area (Å²) in [6.07, 6.45) is 38.7. The van der Waals surface area contributed by atoms with E-state index in [1.165, 1.54) is 173 Å². The maximum Gasteiger partial charge on any atom is 0.0982 e. The van der Waals surface area contributed by atoms with Gasteiger partial charge < -0.3 is 14.7 Å². The van der Waals surface area contributed by atoms with E-state index in [9.17, 15) is 5.11 Å². The molecule has 0 bridgehead atoms. The van der Waals surface area contributed by atoms with Gasteiger partial charge in [-0.05, 0) is 109 Å². The normalized spacial score (nSPS) is 14.7. The Morgan fingerprint density at radius 2 is 1.24 bits per heavy atom. The lowest BCUT2D eigenvalue weighted by atomic mass is 9.91. The van der Waals surface area contributed by atoms with Crippen molar-refractivity contribution >= 4 is 0 Å². The molecule has 0 unspecified atom stereocenters. The Morgan fingerprint density at radius 1 is 0.683 bits per heavy atom. The molecular weight excluding hydrogens is 502 g/mol. The second kappa shape index (κ2) is 25.7. The van der Waals surface area contributed by atoms with Crippen molar-refractivity contribution < 1.29 is 9.84 Å². The quantitative estimate of drug-likeness (QED) is 0.0527. The Bertz CT molecular complexity index is 641. The molecule has 0 aromatic rings.